The number of anilines is 1. The van der Waals surface area contributed by atoms with Crippen molar-refractivity contribution in [3.05, 3.63) is 58.9 Å². The molecule has 1 heterocycles. The van der Waals surface area contributed by atoms with Gasteiger partial charge in [0.2, 0.25) is 5.91 Å². The molecule has 3 aromatic rings. The Morgan fingerprint density at radius 3 is 2.57 bits per heavy atom. The molecule has 0 spiro atoms. The fourth-order valence-corrected chi connectivity index (χ4v) is 3.07. The van der Waals surface area contributed by atoms with Crippen LogP contribution < -0.4 is 15.6 Å². The summed E-state index contributed by atoms with van der Waals surface area (Å²) in [5.41, 5.74) is 0.968. The highest BCUT2D eigenvalue weighted by atomic mass is 16.5. The number of hydrogen-bond acceptors (Lipinski definition) is 6. The molecule has 30 heavy (non-hydrogen) atoms. The third-order valence-corrected chi connectivity index (χ3v) is 4.89. The van der Waals surface area contributed by atoms with Gasteiger partial charge in [0.05, 0.1) is 11.9 Å². The normalized spacial score (nSPS) is 11.0. The monoisotopic (exact) mass is 409 g/mol. The lowest BCUT2D eigenvalue weighted by molar-refractivity contribution is -0.116. The first-order chi connectivity index (χ1) is 14.6. The zero-order valence-electron chi connectivity index (χ0n) is 17.4. The molecule has 8 heteroatoms. The lowest BCUT2D eigenvalue weighted by Gasteiger charge is -2.18. The number of likely N-dealkylation sites (N-methyl/N-ethyl adjacent to an activating group) is 1. The quantitative estimate of drug-likeness (QED) is 0.554. The van der Waals surface area contributed by atoms with E-state index in [4.69, 9.17) is 4.74 Å². The number of fused-ring (bicyclic) bond motifs is 1. The van der Waals surface area contributed by atoms with E-state index in [1.165, 1.54) is 4.68 Å². The van der Waals surface area contributed by atoms with Crippen LogP contribution in [0.2, 0.25) is 0 Å². The Balaban J connectivity index is 1.49. The first-order valence-electron chi connectivity index (χ1n) is 10.2. The Hall–Kier alpha value is -3.26. The summed E-state index contributed by atoms with van der Waals surface area (Å²) in [5.74, 6) is 0.560. The number of nitrogens with zero attached hydrogens (tertiary/aromatic N) is 4. The molecule has 8 nitrogen and oxygen atoms in total. The van der Waals surface area contributed by atoms with Crippen LogP contribution in [0.3, 0.4) is 0 Å². The Morgan fingerprint density at radius 2 is 1.83 bits per heavy atom. The number of carbonyl (C=O) groups is 1. The van der Waals surface area contributed by atoms with E-state index in [0.717, 1.165) is 25.4 Å². The predicted molar refractivity (Wildman–Crippen MR) is 117 cm³/mol. The summed E-state index contributed by atoms with van der Waals surface area (Å²) in [6.45, 7) is 7.92. The number of hydrogen-bond donors (Lipinski definition) is 1. The number of carbonyl (C=O) groups excluding carboxylic acids is 1. The van der Waals surface area contributed by atoms with Crippen molar-refractivity contribution in [3.63, 3.8) is 0 Å². The van der Waals surface area contributed by atoms with Crippen molar-refractivity contribution >= 4 is 22.5 Å². The van der Waals surface area contributed by atoms with E-state index in [0.29, 0.717) is 23.2 Å². The fourth-order valence-electron chi connectivity index (χ4n) is 3.07. The smallest absolute Gasteiger partial charge is 0.277 e. The molecule has 0 aliphatic heterocycles. The number of ether oxygens (including phenoxy) is 1. The Kier molecular flexibility index (Phi) is 7.51. The molecule has 0 fully saturated rings. The molecule has 1 N–H and O–H groups in total. The van der Waals surface area contributed by atoms with Gasteiger partial charge in [-0.25, -0.2) is 4.68 Å². The van der Waals surface area contributed by atoms with Crippen molar-refractivity contribution in [2.45, 2.75) is 26.8 Å². The van der Waals surface area contributed by atoms with Crippen molar-refractivity contribution in [2.75, 3.05) is 31.6 Å². The highest BCUT2D eigenvalue weighted by Gasteiger charge is 2.08. The summed E-state index contributed by atoms with van der Waals surface area (Å²) in [5, 5.41) is 11.2. The molecule has 0 radical (unpaired) electrons. The molecule has 3 rings (SSSR count). The summed E-state index contributed by atoms with van der Waals surface area (Å²) in [4.78, 5) is 27.0. The SMILES string of the molecule is CCN(CC)CCOc1ccc(NC(=O)CCn2nnc3ccccc3c2=O)cc1. The Morgan fingerprint density at radius 1 is 1.10 bits per heavy atom. The largest absolute Gasteiger partial charge is 0.492 e. The predicted octanol–water partition coefficient (Wildman–Crippen LogP) is 2.54. The lowest BCUT2D eigenvalue weighted by atomic mass is 10.2. The van der Waals surface area contributed by atoms with Crippen LogP contribution in [0, 0.1) is 0 Å². The van der Waals surface area contributed by atoms with E-state index in [1.54, 1.807) is 36.4 Å². The van der Waals surface area contributed by atoms with Gasteiger partial charge in [0.25, 0.3) is 5.56 Å². The van der Waals surface area contributed by atoms with Gasteiger partial charge < -0.3 is 15.0 Å². The van der Waals surface area contributed by atoms with E-state index in [1.807, 2.05) is 12.1 Å². The highest BCUT2D eigenvalue weighted by molar-refractivity contribution is 5.90. The van der Waals surface area contributed by atoms with Crippen LogP contribution in [-0.2, 0) is 11.3 Å². The Bertz CT molecular complexity index is 1030. The summed E-state index contributed by atoms with van der Waals surface area (Å²) in [6, 6.07) is 14.3. The van der Waals surface area contributed by atoms with Crippen LogP contribution in [0.5, 0.6) is 5.75 Å². The van der Waals surface area contributed by atoms with Crippen LogP contribution in [0.4, 0.5) is 5.69 Å². The van der Waals surface area contributed by atoms with E-state index in [9.17, 15) is 9.59 Å². The molecule has 0 saturated carbocycles. The fraction of sp³-hybridized carbons (Fsp3) is 0.364. The first-order valence-corrected chi connectivity index (χ1v) is 10.2. The molecular weight excluding hydrogens is 382 g/mol. The number of benzene rings is 2. The molecule has 0 saturated heterocycles. The van der Waals surface area contributed by atoms with Crippen molar-refractivity contribution in [1.29, 1.82) is 0 Å². The van der Waals surface area contributed by atoms with E-state index < -0.39 is 0 Å². The van der Waals surface area contributed by atoms with E-state index in [2.05, 4.69) is 34.4 Å². The van der Waals surface area contributed by atoms with Gasteiger partial charge in [-0.05, 0) is 49.5 Å². The number of aromatic nitrogens is 3. The van der Waals surface area contributed by atoms with Crippen molar-refractivity contribution in [1.82, 2.24) is 19.9 Å². The minimum absolute atomic E-state index is 0.120. The topological polar surface area (TPSA) is 89.3 Å². The highest BCUT2D eigenvalue weighted by Crippen LogP contribution is 2.16. The molecule has 0 aliphatic rings. The van der Waals surface area contributed by atoms with Crippen LogP contribution in [0.15, 0.2) is 53.3 Å². The van der Waals surface area contributed by atoms with Crippen molar-refractivity contribution < 1.29 is 9.53 Å². The van der Waals surface area contributed by atoms with E-state index >= 15 is 0 Å². The first kappa shape index (κ1) is 21.4. The molecule has 1 aromatic heterocycles. The molecule has 0 bridgehead atoms. The molecule has 2 aromatic carbocycles. The van der Waals surface area contributed by atoms with Crippen molar-refractivity contribution in [3.8, 4) is 5.75 Å². The van der Waals surface area contributed by atoms with Gasteiger partial charge in [-0.15, -0.1) is 5.10 Å². The number of rotatable bonds is 10. The van der Waals surface area contributed by atoms with Crippen LogP contribution in [-0.4, -0.2) is 52.0 Å². The average molecular weight is 409 g/mol. The van der Waals surface area contributed by atoms with Gasteiger partial charge in [0.1, 0.15) is 17.9 Å². The van der Waals surface area contributed by atoms with Crippen LogP contribution >= 0.6 is 0 Å². The maximum absolute atomic E-state index is 12.4. The van der Waals surface area contributed by atoms with Crippen molar-refractivity contribution in [2.24, 2.45) is 0 Å². The minimum atomic E-state index is -0.250. The molecule has 0 atom stereocenters. The zero-order valence-corrected chi connectivity index (χ0v) is 17.4. The lowest BCUT2D eigenvalue weighted by Crippen LogP contribution is -2.27. The van der Waals surface area contributed by atoms with Gasteiger partial charge in [-0.1, -0.05) is 31.2 Å². The molecular formula is C22H27N5O3. The molecule has 0 unspecified atom stereocenters. The maximum atomic E-state index is 12.4. The molecule has 1 amide bonds. The van der Waals surface area contributed by atoms with Gasteiger partial charge in [0.15, 0.2) is 0 Å². The zero-order chi connectivity index (χ0) is 21.3. The minimum Gasteiger partial charge on any atom is -0.492 e. The van der Waals surface area contributed by atoms with Gasteiger partial charge in [-0.2, -0.15) is 0 Å². The number of nitrogens with one attached hydrogen (secondary N) is 1. The summed E-state index contributed by atoms with van der Waals surface area (Å²) in [7, 11) is 0. The van der Waals surface area contributed by atoms with Crippen LogP contribution in [0.1, 0.15) is 20.3 Å². The second-order valence-electron chi connectivity index (χ2n) is 6.83. The van der Waals surface area contributed by atoms with Gasteiger partial charge in [0, 0.05) is 18.7 Å². The third-order valence-electron chi connectivity index (χ3n) is 4.89. The van der Waals surface area contributed by atoms with E-state index in [-0.39, 0.29) is 24.4 Å². The second-order valence-corrected chi connectivity index (χ2v) is 6.83. The number of aryl methyl sites for hydroxylation is 1. The maximum Gasteiger partial charge on any atom is 0.277 e. The third kappa shape index (κ3) is 5.64. The second kappa shape index (κ2) is 10.5. The standard InChI is InChI=1S/C22H27N5O3/c1-3-26(4-2)15-16-30-18-11-9-17(10-12-18)23-21(28)13-14-27-22(29)19-7-5-6-8-20(19)24-25-27/h5-12H,3-4,13-16H2,1-2H3,(H,23,28). The van der Waals surface area contributed by atoms with Gasteiger partial charge >= 0.3 is 0 Å². The summed E-state index contributed by atoms with van der Waals surface area (Å²) >= 11 is 0. The summed E-state index contributed by atoms with van der Waals surface area (Å²) in [6.07, 6.45) is 0.120. The molecule has 158 valence electrons. The summed E-state index contributed by atoms with van der Waals surface area (Å²) < 4.78 is 6.96. The van der Waals surface area contributed by atoms with Gasteiger partial charge in [-0.3, -0.25) is 9.59 Å². The molecule has 0 aliphatic carbocycles. The Labute approximate surface area is 175 Å². The van der Waals surface area contributed by atoms with Crippen LogP contribution in [0.25, 0.3) is 10.9 Å². The average Bonchev–Trinajstić information content (AvgIpc) is 2.77. The number of amides is 1.